The largest absolute Gasteiger partial charge is 0.324 e. The maximum Gasteiger partial charge on any atom is 0.0453 e. The summed E-state index contributed by atoms with van der Waals surface area (Å²) in [5.74, 6) is 0. The monoisotopic (exact) mass is 366 g/mol. The Kier molecular flexibility index (Phi) is 6.24. The summed E-state index contributed by atoms with van der Waals surface area (Å²) in [6.07, 6.45) is 0.886. The topological polar surface area (TPSA) is 29.3 Å². The fraction of sp³-hybridized carbons (Fsp3) is 0.294. The molecular formula is C17H20BrClN2. The number of benzene rings is 2. The van der Waals surface area contributed by atoms with E-state index in [1.165, 1.54) is 5.56 Å². The molecule has 21 heavy (non-hydrogen) atoms. The van der Waals surface area contributed by atoms with E-state index >= 15 is 0 Å². The molecule has 0 amide bonds. The van der Waals surface area contributed by atoms with Crippen LogP contribution in [0.15, 0.2) is 53.0 Å². The van der Waals surface area contributed by atoms with Crippen LogP contribution in [0.25, 0.3) is 0 Å². The van der Waals surface area contributed by atoms with Crippen molar-refractivity contribution in [1.82, 2.24) is 4.90 Å². The zero-order valence-corrected chi connectivity index (χ0v) is 14.4. The number of hydrogen-bond acceptors (Lipinski definition) is 2. The molecule has 0 aromatic heterocycles. The van der Waals surface area contributed by atoms with Crippen molar-refractivity contribution < 1.29 is 0 Å². The van der Waals surface area contributed by atoms with Gasteiger partial charge in [-0.25, -0.2) is 0 Å². The van der Waals surface area contributed by atoms with Crippen LogP contribution in [0.1, 0.15) is 23.6 Å². The summed E-state index contributed by atoms with van der Waals surface area (Å²) in [4.78, 5) is 2.28. The molecule has 2 aromatic carbocycles. The highest BCUT2D eigenvalue weighted by Crippen LogP contribution is 2.23. The maximum atomic E-state index is 6.24. The SMILES string of the molecule is CN(CCC(N)c1ccccc1Cl)Cc1ccc(Br)cc1. The molecule has 0 fully saturated rings. The van der Waals surface area contributed by atoms with Crippen molar-refractivity contribution in [3.05, 3.63) is 69.2 Å². The highest BCUT2D eigenvalue weighted by molar-refractivity contribution is 9.10. The molecule has 0 saturated heterocycles. The van der Waals surface area contributed by atoms with Crippen molar-refractivity contribution in [3.63, 3.8) is 0 Å². The van der Waals surface area contributed by atoms with Crippen LogP contribution in [-0.2, 0) is 6.54 Å². The molecule has 0 aliphatic carbocycles. The number of halogens is 2. The average Bonchev–Trinajstić information content (AvgIpc) is 2.48. The lowest BCUT2D eigenvalue weighted by molar-refractivity contribution is 0.311. The van der Waals surface area contributed by atoms with Gasteiger partial charge in [0.05, 0.1) is 0 Å². The third kappa shape index (κ3) is 5.11. The van der Waals surface area contributed by atoms with E-state index in [0.717, 1.165) is 34.6 Å². The molecule has 0 aliphatic rings. The van der Waals surface area contributed by atoms with E-state index in [-0.39, 0.29) is 6.04 Å². The summed E-state index contributed by atoms with van der Waals surface area (Å²) in [7, 11) is 2.11. The molecule has 2 N–H and O–H groups in total. The van der Waals surface area contributed by atoms with Crippen molar-refractivity contribution in [3.8, 4) is 0 Å². The van der Waals surface area contributed by atoms with Crippen molar-refractivity contribution in [2.45, 2.75) is 19.0 Å². The zero-order chi connectivity index (χ0) is 15.2. The van der Waals surface area contributed by atoms with Gasteiger partial charge in [0.2, 0.25) is 0 Å². The molecule has 0 heterocycles. The van der Waals surface area contributed by atoms with Gasteiger partial charge in [-0.3, -0.25) is 0 Å². The fourth-order valence-corrected chi connectivity index (χ4v) is 2.81. The first-order valence-corrected chi connectivity index (χ1v) is 8.16. The predicted molar refractivity (Wildman–Crippen MR) is 93.5 cm³/mol. The Balaban J connectivity index is 1.85. The molecule has 0 bridgehead atoms. The van der Waals surface area contributed by atoms with E-state index < -0.39 is 0 Å². The van der Waals surface area contributed by atoms with E-state index in [1.807, 2.05) is 24.3 Å². The van der Waals surface area contributed by atoms with Crippen LogP contribution in [0.3, 0.4) is 0 Å². The van der Waals surface area contributed by atoms with E-state index in [0.29, 0.717) is 0 Å². The minimum absolute atomic E-state index is 0.0222. The molecule has 2 aromatic rings. The summed E-state index contributed by atoms with van der Waals surface area (Å²) in [5, 5.41) is 0.751. The van der Waals surface area contributed by atoms with Gasteiger partial charge < -0.3 is 10.6 Å². The first-order chi connectivity index (χ1) is 10.1. The van der Waals surface area contributed by atoms with Crippen LogP contribution < -0.4 is 5.73 Å². The van der Waals surface area contributed by atoms with Crippen molar-refractivity contribution in [2.75, 3.05) is 13.6 Å². The lowest BCUT2D eigenvalue weighted by Crippen LogP contribution is -2.23. The van der Waals surface area contributed by atoms with Gasteiger partial charge in [0.1, 0.15) is 0 Å². The second kappa shape index (κ2) is 7.95. The van der Waals surface area contributed by atoms with Gasteiger partial charge in [-0.05, 0) is 49.3 Å². The van der Waals surface area contributed by atoms with Gasteiger partial charge in [-0.2, -0.15) is 0 Å². The van der Waals surface area contributed by atoms with Gasteiger partial charge in [0.25, 0.3) is 0 Å². The van der Waals surface area contributed by atoms with Crippen LogP contribution in [0.4, 0.5) is 0 Å². The van der Waals surface area contributed by atoms with Crippen LogP contribution in [-0.4, -0.2) is 18.5 Å². The maximum absolute atomic E-state index is 6.24. The summed E-state index contributed by atoms with van der Waals surface area (Å²) in [6.45, 7) is 1.85. The van der Waals surface area contributed by atoms with Gasteiger partial charge in [-0.15, -0.1) is 0 Å². The molecule has 0 spiro atoms. The predicted octanol–water partition coefficient (Wildman–Crippen LogP) is 4.62. The molecule has 0 aliphatic heterocycles. The summed E-state index contributed by atoms with van der Waals surface area (Å²) < 4.78 is 1.11. The average molecular weight is 368 g/mol. The Morgan fingerprint density at radius 2 is 1.81 bits per heavy atom. The van der Waals surface area contributed by atoms with Gasteiger partial charge in [0, 0.05) is 22.1 Å². The van der Waals surface area contributed by atoms with E-state index in [4.69, 9.17) is 17.3 Å². The Hall–Kier alpha value is -0.870. The van der Waals surface area contributed by atoms with Crippen LogP contribution in [0, 0.1) is 0 Å². The van der Waals surface area contributed by atoms with Crippen LogP contribution >= 0.6 is 27.5 Å². The summed E-state index contributed by atoms with van der Waals surface area (Å²) in [6, 6.07) is 16.2. The van der Waals surface area contributed by atoms with Gasteiger partial charge in [-0.1, -0.05) is 57.9 Å². The standard InChI is InChI=1S/C17H20BrClN2/c1-21(12-13-6-8-14(18)9-7-13)11-10-17(20)15-4-2-3-5-16(15)19/h2-9,17H,10-12,20H2,1H3. The Bertz CT molecular complexity index is 571. The third-order valence-corrected chi connectivity index (χ3v) is 4.37. The van der Waals surface area contributed by atoms with Crippen LogP contribution in [0.2, 0.25) is 5.02 Å². The molecule has 0 saturated carbocycles. The lowest BCUT2D eigenvalue weighted by Gasteiger charge is -2.20. The molecule has 4 heteroatoms. The quantitative estimate of drug-likeness (QED) is 0.807. The van der Waals surface area contributed by atoms with E-state index in [1.54, 1.807) is 0 Å². The van der Waals surface area contributed by atoms with E-state index in [2.05, 4.69) is 52.1 Å². The van der Waals surface area contributed by atoms with Gasteiger partial charge >= 0.3 is 0 Å². The smallest absolute Gasteiger partial charge is 0.0453 e. The number of hydrogen-bond donors (Lipinski definition) is 1. The highest BCUT2D eigenvalue weighted by atomic mass is 79.9. The third-order valence-electron chi connectivity index (χ3n) is 3.49. The molecule has 2 nitrogen and oxygen atoms in total. The molecule has 1 unspecified atom stereocenters. The molecule has 112 valence electrons. The van der Waals surface area contributed by atoms with E-state index in [9.17, 15) is 0 Å². The first-order valence-electron chi connectivity index (χ1n) is 6.99. The van der Waals surface area contributed by atoms with Crippen LogP contribution in [0.5, 0.6) is 0 Å². The van der Waals surface area contributed by atoms with Crippen molar-refractivity contribution in [2.24, 2.45) is 5.73 Å². The summed E-state index contributed by atoms with van der Waals surface area (Å²) >= 11 is 9.63. The number of nitrogens with zero attached hydrogens (tertiary/aromatic N) is 1. The van der Waals surface area contributed by atoms with Crippen molar-refractivity contribution in [1.29, 1.82) is 0 Å². The first kappa shape index (κ1) is 16.5. The molecule has 2 rings (SSSR count). The Labute approximate surface area is 140 Å². The highest BCUT2D eigenvalue weighted by Gasteiger charge is 2.10. The zero-order valence-electron chi connectivity index (χ0n) is 12.1. The van der Waals surface area contributed by atoms with Gasteiger partial charge in [0.15, 0.2) is 0 Å². The molecule has 0 radical (unpaired) electrons. The van der Waals surface area contributed by atoms with Crippen molar-refractivity contribution >= 4 is 27.5 Å². The second-order valence-corrected chi connectivity index (χ2v) is 6.60. The lowest BCUT2D eigenvalue weighted by atomic mass is 10.0. The minimum atomic E-state index is -0.0222. The minimum Gasteiger partial charge on any atom is -0.324 e. The second-order valence-electron chi connectivity index (χ2n) is 5.28. The number of rotatable bonds is 6. The molecule has 1 atom stereocenters. The number of nitrogens with two attached hydrogens (primary N) is 1. The molecular weight excluding hydrogens is 348 g/mol. The Morgan fingerprint density at radius 3 is 2.48 bits per heavy atom. The summed E-state index contributed by atoms with van der Waals surface area (Å²) in [5.41, 5.74) is 8.56. The Morgan fingerprint density at radius 1 is 1.14 bits per heavy atom. The normalized spacial score (nSPS) is 12.6. The fourth-order valence-electron chi connectivity index (χ4n) is 2.27.